The first-order chi connectivity index (χ1) is 5.66. The molecular formula is C9H15NO2. The number of carbonyl (C=O) groups is 1. The van der Waals surface area contributed by atoms with Crippen LogP contribution < -0.4 is 5.32 Å². The average molecular weight is 169 g/mol. The van der Waals surface area contributed by atoms with Crippen LogP contribution in [0.1, 0.15) is 26.2 Å². The minimum atomic E-state index is -0.357. The van der Waals surface area contributed by atoms with Crippen LogP contribution in [0.2, 0.25) is 0 Å². The molecule has 0 aromatic carbocycles. The smallest absolute Gasteiger partial charge is 0.407 e. The summed E-state index contributed by atoms with van der Waals surface area (Å²) in [4.78, 5) is 10.9. The van der Waals surface area contributed by atoms with Gasteiger partial charge in [-0.15, -0.1) is 0 Å². The van der Waals surface area contributed by atoms with E-state index >= 15 is 0 Å². The zero-order valence-electron chi connectivity index (χ0n) is 7.59. The highest BCUT2D eigenvalue weighted by molar-refractivity contribution is 5.68. The number of rotatable bonds is 1. The maximum absolute atomic E-state index is 10.9. The third-order valence-corrected chi connectivity index (χ3v) is 2.13. The number of nitrogens with one attached hydrogen (secondary N) is 1. The summed E-state index contributed by atoms with van der Waals surface area (Å²) < 4.78 is 4.53. The minimum Gasteiger partial charge on any atom is -0.453 e. The molecule has 0 spiro atoms. The van der Waals surface area contributed by atoms with E-state index in [4.69, 9.17) is 0 Å². The molecule has 0 fully saturated rings. The normalized spacial score (nSPS) is 28.2. The van der Waals surface area contributed by atoms with Gasteiger partial charge in [0.1, 0.15) is 0 Å². The number of ether oxygens (including phenoxy) is 1. The van der Waals surface area contributed by atoms with E-state index in [9.17, 15) is 4.79 Å². The Kier molecular flexibility index (Phi) is 2.74. The van der Waals surface area contributed by atoms with Crippen LogP contribution in [0, 0.1) is 0 Å². The Morgan fingerprint density at radius 1 is 1.67 bits per heavy atom. The average Bonchev–Trinajstić information content (AvgIpc) is 2.05. The zero-order chi connectivity index (χ0) is 9.03. The fourth-order valence-corrected chi connectivity index (χ4v) is 1.40. The fraction of sp³-hybridized carbons (Fsp3) is 0.667. The molecule has 1 amide bonds. The molecule has 0 aromatic rings. The quantitative estimate of drug-likeness (QED) is 0.608. The van der Waals surface area contributed by atoms with E-state index in [1.807, 2.05) is 13.0 Å². The minimum absolute atomic E-state index is 0.203. The van der Waals surface area contributed by atoms with Crippen molar-refractivity contribution in [3.63, 3.8) is 0 Å². The summed E-state index contributed by atoms with van der Waals surface area (Å²) in [5, 5.41) is 2.80. The van der Waals surface area contributed by atoms with Crippen molar-refractivity contribution in [2.75, 3.05) is 7.11 Å². The second-order valence-corrected chi connectivity index (χ2v) is 3.33. The van der Waals surface area contributed by atoms with E-state index < -0.39 is 0 Å². The summed E-state index contributed by atoms with van der Waals surface area (Å²) >= 11 is 0. The van der Waals surface area contributed by atoms with Crippen molar-refractivity contribution in [3.8, 4) is 0 Å². The first kappa shape index (κ1) is 9.10. The van der Waals surface area contributed by atoms with E-state index in [1.54, 1.807) is 0 Å². The highest BCUT2D eigenvalue weighted by Crippen LogP contribution is 2.21. The Hall–Kier alpha value is -0.990. The van der Waals surface area contributed by atoms with Crippen LogP contribution in [0.4, 0.5) is 4.79 Å². The molecule has 0 aromatic heterocycles. The van der Waals surface area contributed by atoms with Gasteiger partial charge >= 0.3 is 6.09 Å². The van der Waals surface area contributed by atoms with Crippen molar-refractivity contribution in [2.45, 2.75) is 31.7 Å². The van der Waals surface area contributed by atoms with Gasteiger partial charge in [-0.05, 0) is 26.2 Å². The number of methoxy groups -OCH3 is 1. The van der Waals surface area contributed by atoms with E-state index in [-0.39, 0.29) is 11.6 Å². The molecular weight excluding hydrogens is 154 g/mol. The number of hydrogen-bond acceptors (Lipinski definition) is 2. The van der Waals surface area contributed by atoms with Crippen LogP contribution >= 0.6 is 0 Å². The van der Waals surface area contributed by atoms with Gasteiger partial charge in [-0.3, -0.25) is 0 Å². The first-order valence-electron chi connectivity index (χ1n) is 4.20. The van der Waals surface area contributed by atoms with Gasteiger partial charge < -0.3 is 10.1 Å². The summed E-state index contributed by atoms with van der Waals surface area (Å²) in [6, 6.07) is 0. The molecule has 1 aliphatic rings. The SMILES string of the molecule is COC(=O)NC1(C)C=CCCC1. The second-order valence-electron chi connectivity index (χ2n) is 3.33. The molecule has 0 saturated carbocycles. The highest BCUT2D eigenvalue weighted by atomic mass is 16.5. The standard InChI is InChI=1S/C9H15NO2/c1-9(10-8(11)12-2)6-4-3-5-7-9/h4,6H,3,5,7H2,1-2H3,(H,10,11). The Bertz CT molecular complexity index is 201. The van der Waals surface area contributed by atoms with E-state index in [1.165, 1.54) is 7.11 Å². The topological polar surface area (TPSA) is 38.3 Å². The van der Waals surface area contributed by atoms with Crippen LogP contribution in [-0.4, -0.2) is 18.7 Å². The lowest BCUT2D eigenvalue weighted by Crippen LogP contribution is -2.45. The third-order valence-electron chi connectivity index (χ3n) is 2.13. The van der Waals surface area contributed by atoms with Crippen LogP contribution in [0.15, 0.2) is 12.2 Å². The Morgan fingerprint density at radius 3 is 2.92 bits per heavy atom. The molecule has 0 radical (unpaired) electrons. The zero-order valence-corrected chi connectivity index (χ0v) is 7.59. The molecule has 3 nitrogen and oxygen atoms in total. The van der Waals surface area contributed by atoms with Gasteiger partial charge in [0.25, 0.3) is 0 Å². The van der Waals surface area contributed by atoms with Crippen molar-refractivity contribution >= 4 is 6.09 Å². The predicted octanol–water partition coefficient (Wildman–Crippen LogP) is 1.84. The van der Waals surface area contributed by atoms with Gasteiger partial charge in [0, 0.05) is 0 Å². The summed E-state index contributed by atoms with van der Waals surface area (Å²) in [7, 11) is 1.38. The maximum atomic E-state index is 10.9. The van der Waals surface area contributed by atoms with Crippen molar-refractivity contribution < 1.29 is 9.53 Å². The first-order valence-corrected chi connectivity index (χ1v) is 4.20. The van der Waals surface area contributed by atoms with E-state index in [0.29, 0.717) is 0 Å². The van der Waals surface area contributed by atoms with Crippen molar-refractivity contribution in [3.05, 3.63) is 12.2 Å². The molecule has 1 unspecified atom stereocenters. The molecule has 1 N–H and O–H groups in total. The molecule has 3 heteroatoms. The third kappa shape index (κ3) is 2.26. The second kappa shape index (κ2) is 3.61. The van der Waals surface area contributed by atoms with E-state index in [2.05, 4.69) is 16.1 Å². The largest absolute Gasteiger partial charge is 0.453 e. The van der Waals surface area contributed by atoms with E-state index in [0.717, 1.165) is 19.3 Å². The number of amides is 1. The predicted molar refractivity (Wildman–Crippen MR) is 46.9 cm³/mol. The van der Waals surface area contributed by atoms with Gasteiger partial charge in [0.2, 0.25) is 0 Å². The van der Waals surface area contributed by atoms with Gasteiger partial charge in [-0.1, -0.05) is 12.2 Å². The van der Waals surface area contributed by atoms with Crippen molar-refractivity contribution in [1.29, 1.82) is 0 Å². The number of allylic oxidation sites excluding steroid dienone is 1. The molecule has 0 bridgehead atoms. The monoisotopic (exact) mass is 169 g/mol. The highest BCUT2D eigenvalue weighted by Gasteiger charge is 2.24. The number of alkyl carbamates (subject to hydrolysis) is 1. The Labute approximate surface area is 72.8 Å². The lowest BCUT2D eigenvalue weighted by molar-refractivity contribution is 0.160. The molecule has 1 rings (SSSR count). The van der Waals surface area contributed by atoms with Crippen LogP contribution in [0.3, 0.4) is 0 Å². The Balaban J connectivity index is 2.53. The summed E-state index contributed by atoms with van der Waals surface area (Å²) in [5.41, 5.74) is -0.203. The van der Waals surface area contributed by atoms with Crippen molar-refractivity contribution in [1.82, 2.24) is 5.32 Å². The molecule has 12 heavy (non-hydrogen) atoms. The number of hydrogen-bond donors (Lipinski definition) is 1. The Morgan fingerprint density at radius 2 is 2.42 bits per heavy atom. The van der Waals surface area contributed by atoms with Crippen LogP contribution in [0.5, 0.6) is 0 Å². The van der Waals surface area contributed by atoms with Crippen molar-refractivity contribution in [2.24, 2.45) is 0 Å². The summed E-state index contributed by atoms with van der Waals surface area (Å²) in [5.74, 6) is 0. The summed E-state index contributed by atoms with van der Waals surface area (Å²) in [6.07, 6.45) is 6.99. The molecule has 68 valence electrons. The van der Waals surface area contributed by atoms with Gasteiger partial charge in [0.05, 0.1) is 12.6 Å². The molecule has 0 aliphatic heterocycles. The van der Waals surface area contributed by atoms with Gasteiger partial charge in [0.15, 0.2) is 0 Å². The molecule has 0 saturated heterocycles. The summed E-state index contributed by atoms with van der Waals surface area (Å²) in [6.45, 7) is 2.00. The maximum Gasteiger partial charge on any atom is 0.407 e. The van der Waals surface area contributed by atoms with Gasteiger partial charge in [-0.25, -0.2) is 4.79 Å². The molecule has 1 atom stereocenters. The van der Waals surface area contributed by atoms with Crippen LogP contribution in [0.25, 0.3) is 0 Å². The number of carbonyl (C=O) groups excluding carboxylic acids is 1. The van der Waals surface area contributed by atoms with Crippen LogP contribution in [-0.2, 0) is 4.74 Å². The molecule has 0 heterocycles. The molecule has 1 aliphatic carbocycles. The lowest BCUT2D eigenvalue weighted by atomic mass is 9.90. The fourth-order valence-electron chi connectivity index (χ4n) is 1.40. The lowest BCUT2D eigenvalue weighted by Gasteiger charge is -2.29. The van der Waals surface area contributed by atoms with Gasteiger partial charge in [-0.2, -0.15) is 0 Å².